The molecule has 2 N–H and O–H groups in total. The highest BCUT2D eigenvalue weighted by molar-refractivity contribution is 6.02. The van der Waals surface area contributed by atoms with Crippen molar-refractivity contribution in [3.63, 3.8) is 0 Å². The van der Waals surface area contributed by atoms with Crippen LogP contribution in [0.15, 0.2) is 36.5 Å². The lowest BCUT2D eigenvalue weighted by Crippen LogP contribution is -2.27. The summed E-state index contributed by atoms with van der Waals surface area (Å²) in [5.74, 6) is 0.542. The molecular weight excluding hydrogens is 366 g/mol. The molecule has 1 aromatic carbocycles. The Morgan fingerprint density at radius 1 is 1.21 bits per heavy atom. The third-order valence-corrected chi connectivity index (χ3v) is 4.83. The minimum Gasteiger partial charge on any atom is -0.491 e. The first-order valence-corrected chi connectivity index (χ1v) is 10.00. The van der Waals surface area contributed by atoms with Gasteiger partial charge in [0, 0.05) is 29.4 Å². The first-order valence-electron chi connectivity index (χ1n) is 10.00. The number of aromatic amines is 1. The molecule has 2 heterocycles. The van der Waals surface area contributed by atoms with Crippen molar-refractivity contribution in [2.24, 2.45) is 0 Å². The normalized spacial score (nSPS) is 10.9. The Morgan fingerprint density at radius 3 is 2.76 bits per heavy atom. The van der Waals surface area contributed by atoms with Crippen LogP contribution < -0.4 is 10.1 Å². The Labute approximate surface area is 170 Å². The average molecular weight is 393 g/mol. The van der Waals surface area contributed by atoms with Crippen LogP contribution in [-0.4, -0.2) is 34.8 Å². The average Bonchev–Trinajstić information content (AvgIpc) is 3.04. The van der Waals surface area contributed by atoms with E-state index in [0.717, 1.165) is 34.3 Å². The van der Waals surface area contributed by atoms with Crippen molar-refractivity contribution < 1.29 is 14.3 Å². The number of amides is 1. The van der Waals surface area contributed by atoms with Gasteiger partial charge < -0.3 is 15.0 Å². The van der Waals surface area contributed by atoms with Gasteiger partial charge in [0.1, 0.15) is 17.0 Å². The third-order valence-electron chi connectivity index (χ3n) is 4.83. The molecule has 3 aromatic rings. The Hall–Kier alpha value is -3.15. The van der Waals surface area contributed by atoms with E-state index in [1.807, 2.05) is 44.2 Å². The monoisotopic (exact) mass is 393 g/mol. The summed E-state index contributed by atoms with van der Waals surface area (Å²) in [6.45, 7) is 6.36. The fourth-order valence-corrected chi connectivity index (χ4v) is 3.58. The first kappa shape index (κ1) is 20.6. The topological polar surface area (TPSA) is 84.1 Å². The number of ketones is 1. The largest absolute Gasteiger partial charge is 0.491 e. The van der Waals surface area contributed by atoms with Crippen LogP contribution in [0, 0.1) is 6.92 Å². The second-order valence-electron chi connectivity index (χ2n) is 7.07. The number of Topliss-reactive ketones (excluding diaryl/α,β-unsaturated/α-hetero) is 1. The van der Waals surface area contributed by atoms with Gasteiger partial charge in [0.2, 0.25) is 0 Å². The van der Waals surface area contributed by atoms with Crippen LogP contribution in [0.25, 0.3) is 10.9 Å². The smallest absolute Gasteiger partial charge is 0.268 e. The zero-order chi connectivity index (χ0) is 20.8. The number of carbonyl (C=O) groups is 2. The molecule has 0 unspecified atom stereocenters. The molecule has 6 heteroatoms. The first-order chi connectivity index (χ1) is 14.0. The van der Waals surface area contributed by atoms with E-state index in [4.69, 9.17) is 4.74 Å². The number of hydrogen-bond acceptors (Lipinski definition) is 4. The molecule has 0 bridgehead atoms. The Bertz CT molecular complexity index is 1020. The fraction of sp³-hybridized carbons (Fsp3) is 0.348. The molecule has 152 valence electrons. The molecule has 2 aromatic heterocycles. The zero-order valence-corrected chi connectivity index (χ0v) is 17.2. The molecule has 0 saturated heterocycles. The van der Waals surface area contributed by atoms with Crippen molar-refractivity contribution >= 4 is 22.6 Å². The number of pyridine rings is 1. The predicted molar refractivity (Wildman–Crippen MR) is 114 cm³/mol. The Balaban J connectivity index is 1.56. The van der Waals surface area contributed by atoms with Crippen LogP contribution in [-0.2, 0) is 6.42 Å². The lowest BCUT2D eigenvalue weighted by molar-refractivity contribution is 0.0946. The van der Waals surface area contributed by atoms with Gasteiger partial charge in [-0.3, -0.25) is 14.6 Å². The number of para-hydroxylation sites is 1. The van der Waals surface area contributed by atoms with E-state index < -0.39 is 0 Å². The SMILES string of the molecule is CCCc1c(C(=O)NCCCOc2cccc3cccnc23)[nH]c(C)c1C(C)=O. The second-order valence-corrected chi connectivity index (χ2v) is 7.07. The van der Waals surface area contributed by atoms with Gasteiger partial charge in [0.15, 0.2) is 5.78 Å². The lowest BCUT2D eigenvalue weighted by Gasteiger charge is -2.10. The van der Waals surface area contributed by atoms with E-state index in [9.17, 15) is 9.59 Å². The van der Waals surface area contributed by atoms with Gasteiger partial charge in [-0.15, -0.1) is 0 Å². The van der Waals surface area contributed by atoms with Crippen molar-refractivity contribution in [1.82, 2.24) is 15.3 Å². The third kappa shape index (κ3) is 4.65. The van der Waals surface area contributed by atoms with Crippen LogP contribution in [0.3, 0.4) is 0 Å². The number of ether oxygens (including phenoxy) is 1. The Morgan fingerprint density at radius 2 is 2.00 bits per heavy atom. The minimum absolute atomic E-state index is 0.0154. The summed E-state index contributed by atoms with van der Waals surface area (Å²) >= 11 is 0. The summed E-state index contributed by atoms with van der Waals surface area (Å²) in [6.07, 6.45) is 3.97. The van der Waals surface area contributed by atoms with Gasteiger partial charge in [-0.1, -0.05) is 31.5 Å². The number of aromatic nitrogens is 2. The van der Waals surface area contributed by atoms with E-state index >= 15 is 0 Å². The summed E-state index contributed by atoms with van der Waals surface area (Å²) < 4.78 is 5.86. The number of H-pyrrole nitrogens is 1. The van der Waals surface area contributed by atoms with Crippen molar-refractivity contribution in [2.75, 3.05) is 13.2 Å². The molecular formula is C23H27N3O3. The number of aryl methyl sites for hydroxylation is 1. The van der Waals surface area contributed by atoms with Gasteiger partial charge in [-0.2, -0.15) is 0 Å². The van der Waals surface area contributed by atoms with E-state index in [2.05, 4.69) is 15.3 Å². The van der Waals surface area contributed by atoms with Crippen LogP contribution in [0.1, 0.15) is 58.8 Å². The van der Waals surface area contributed by atoms with Crippen molar-refractivity contribution in [3.05, 3.63) is 59.0 Å². The molecule has 0 radical (unpaired) electrons. The molecule has 29 heavy (non-hydrogen) atoms. The maximum absolute atomic E-state index is 12.6. The van der Waals surface area contributed by atoms with Crippen LogP contribution in [0.4, 0.5) is 0 Å². The molecule has 0 saturated carbocycles. The van der Waals surface area contributed by atoms with Crippen LogP contribution in [0.5, 0.6) is 5.75 Å². The molecule has 1 amide bonds. The van der Waals surface area contributed by atoms with E-state index in [1.54, 1.807) is 6.20 Å². The standard InChI is InChI=1S/C23H27N3O3/c1-4-8-18-20(16(3)27)15(2)26-22(18)23(28)25-13-7-14-29-19-11-5-9-17-10-6-12-24-21(17)19/h5-6,9-12,26H,4,7-8,13-14H2,1-3H3,(H,25,28). The van der Waals surface area contributed by atoms with E-state index in [-0.39, 0.29) is 11.7 Å². The van der Waals surface area contributed by atoms with Gasteiger partial charge in [0.05, 0.1) is 6.61 Å². The van der Waals surface area contributed by atoms with Gasteiger partial charge in [-0.05, 0) is 44.4 Å². The summed E-state index contributed by atoms with van der Waals surface area (Å²) in [7, 11) is 0. The number of hydrogen-bond donors (Lipinski definition) is 2. The quantitative estimate of drug-likeness (QED) is 0.421. The number of nitrogens with zero attached hydrogens (tertiary/aromatic N) is 1. The maximum Gasteiger partial charge on any atom is 0.268 e. The van der Waals surface area contributed by atoms with Gasteiger partial charge >= 0.3 is 0 Å². The molecule has 0 aliphatic heterocycles. The number of carbonyl (C=O) groups excluding carboxylic acids is 2. The van der Waals surface area contributed by atoms with E-state index in [0.29, 0.717) is 37.3 Å². The summed E-state index contributed by atoms with van der Waals surface area (Å²) in [5.41, 5.74) is 3.53. The number of rotatable bonds is 9. The van der Waals surface area contributed by atoms with Crippen molar-refractivity contribution in [3.8, 4) is 5.75 Å². The van der Waals surface area contributed by atoms with Crippen molar-refractivity contribution in [2.45, 2.75) is 40.0 Å². The van der Waals surface area contributed by atoms with Crippen LogP contribution in [0.2, 0.25) is 0 Å². The predicted octanol–water partition coefficient (Wildman–Crippen LogP) is 4.23. The molecule has 0 atom stereocenters. The molecule has 0 aliphatic carbocycles. The van der Waals surface area contributed by atoms with Gasteiger partial charge in [0.25, 0.3) is 5.91 Å². The van der Waals surface area contributed by atoms with Crippen LogP contribution >= 0.6 is 0 Å². The number of benzene rings is 1. The molecule has 3 rings (SSSR count). The van der Waals surface area contributed by atoms with E-state index in [1.165, 1.54) is 6.92 Å². The summed E-state index contributed by atoms with van der Waals surface area (Å²) in [6, 6.07) is 9.73. The fourth-order valence-electron chi connectivity index (χ4n) is 3.58. The highest BCUT2D eigenvalue weighted by atomic mass is 16.5. The number of fused-ring (bicyclic) bond motifs is 1. The molecule has 0 aliphatic rings. The second kappa shape index (κ2) is 9.37. The highest BCUT2D eigenvalue weighted by Crippen LogP contribution is 2.23. The summed E-state index contributed by atoms with van der Waals surface area (Å²) in [5, 5.41) is 3.96. The highest BCUT2D eigenvalue weighted by Gasteiger charge is 2.21. The Kier molecular flexibility index (Phi) is 6.65. The maximum atomic E-state index is 12.6. The van der Waals surface area contributed by atoms with Gasteiger partial charge in [-0.25, -0.2) is 0 Å². The molecule has 0 fully saturated rings. The molecule has 6 nitrogen and oxygen atoms in total. The number of nitrogens with one attached hydrogen (secondary N) is 2. The minimum atomic E-state index is -0.184. The zero-order valence-electron chi connectivity index (χ0n) is 17.2. The van der Waals surface area contributed by atoms with Crippen molar-refractivity contribution in [1.29, 1.82) is 0 Å². The summed E-state index contributed by atoms with van der Waals surface area (Å²) in [4.78, 5) is 32.1. The lowest BCUT2D eigenvalue weighted by atomic mass is 10.0. The molecule has 0 spiro atoms.